The first-order valence-electron chi connectivity index (χ1n) is 3.46. The normalized spacial score (nSPS) is 9.00. The molecule has 1 aromatic carbocycles. The highest BCUT2D eigenvalue weighted by Crippen LogP contribution is 2.26. The summed E-state index contributed by atoms with van der Waals surface area (Å²) < 4.78 is 6.31. The molecule has 12 heavy (non-hydrogen) atoms. The van der Waals surface area contributed by atoms with E-state index in [1.807, 2.05) is 26.0 Å². The summed E-state index contributed by atoms with van der Waals surface area (Å²) in [7, 11) is 1.70. The summed E-state index contributed by atoms with van der Waals surface area (Å²) in [5, 5.41) is 0. The van der Waals surface area contributed by atoms with Gasteiger partial charge in [-0.25, -0.2) is 0 Å². The van der Waals surface area contributed by atoms with Gasteiger partial charge in [-0.15, -0.1) is 12.4 Å². The fourth-order valence-electron chi connectivity index (χ4n) is 1.22. The van der Waals surface area contributed by atoms with Crippen molar-refractivity contribution in [2.75, 3.05) is 7.11 Å². The SMILES string of the molecule is COc1c(C)cc(Br)cc1C.Cl. The first-order valence-corrected chi connectivity index (χ1v) is 4.25. The summed E-state index contributed by atoms with van der Waals surface area (Å²) in [4.78, 5) is 0. The minimum absolute atomic E-state index is 0. The van der Waals surface area contributed by atoms with Gasteiger partial charge in [0, 0.05) is 4.47 Å². The van der Waals surface area contributed by atoms with E-state index in [2.05, 4.69) is 15.9 Å². The molecule has 0 N–H and O–H groups in total. The molecule has 0 saturated carbocycles. The highest BCUT2D eigenvalue weighted by molar-refractivity contribution is 9.10. The van der Waals surface area contributed by atoms with E-state index in [-0.39, 0.29) is 12.4 Å². The first-order chi connectivity index (χ1) is 5.15. The maximum Gasteiger partial charge on any atom is 0.124 e. The van der Waals surface area contributed by atoms with Crippen molar-refractivity contribution < 1.29 is 4.74 Å². The number of halogens is 2. The van der Waals surface area contributed by atoms with Gasteiger partial charge in [0.15, 0.2) is 0 Å². The van der Waals surface area contributed by atoms with Crippen LogP contribution in [0.4, 0.5) is 0 Å². The highest BCUT2D eigenvalue weighted by atomic mass is 79.9. The van der Waals surface area contributed by atoms with E-state index in [1.54, 1.807) is 7.11 Å². The third kappa shape index (κ3) is 2.39. The van der Waals surface area contributed by atoms with E-state index in [4.69, 9.17) is 4.74 Å². The highest BCUT2D eigenvalue weighted by Gasteiger charge is 2.02. The molecule has 0 aliphatic rings. The Balaban J connectivity index is 0.00000121. The fraction of sp³-hybridized carbons (Fsp3) is 0.333. The maximum absolute atomic E-state index is 5.21. The Morgan fingerprint density at radius 2 is 1.58 bits per heavy atom. The minimum Gasteiger partial charge on any atom is -0.496 e. The van der Waals surface area contributed by atoms with Crippen LogP contribution in [0.15, 0.2) is 16.6 Å². The first kappa shape index (κ1) is 11.8. The van der Waals surface area contributed by atoms with Crippen molar-refractivity contribution in [1.82, 2.24) is 0 Å². The van der Waals surface area contributed by atoms with Crippen molar-refractivity contribution in [3.05, 3.63) is 27.7 Å². The topological polar surface area (TPSA) is 9.23 Å². The van der Waals surface area contributed by atoms with Crippen LogP contribution in [0.3, 0.4) is 0 Å². The average molecular weight is 252 g/mol. The number of hydrogen-bond donors (Lipinski definition) is 0. The molecular weight excluding hydrogens is 239 g/mol. The van der Waals surface area contributed by atoms with Gasteiger partial charge in [0.05, 0.1) is 7.11 Å². The van der Waals surface area contributed by atoms with Gasteiger partial charge in [0.2, 0.25) is 0 Å². The minimum atomic E-state index is 0. The summed E-state index contributed by atoms with van der Waals surface area (Å²) in [6.45, 7) is 4.08. The number of methoxy groups -OCH3 is 1. The molecule has 0 heterocycles. The number of ether oxygens (including phenoxy) is 1. The third-order valence-corrected chi connectivity index (χ3v) is 2.09. The third-order valence-electron chi connectivity index (χ3n) is 1.63. The predicted octanol–water partition coefficient (Wildman–Crippen LogP) is 3.50. The molecule has 0 spiro atoms. The van der Waals surface area contributed by atoms with Crippen molar-refractivity contribution in [1.29, 1.82) is 0 Å². The van der Waals surface area contributed by atoms with Crippen LogP contribution >= 0.6 is 28.3 Å². The maximum atomic E-state index is 5.21. The molecule has 0 aromatic heterocycles. The van der Waals surface area contributed by atoms with Crippen molar-refractivity contribution in [2.45, 2.75) is 13.8 Å². The van der Waals surface area contributed by atoms with Gasteiger partial charge in [0.1, 0.15) is 5.75 Å². The molecule has 0 atom stereocenters. The zero-order valence-electron chi connectivity index (χ0n) is 7.35. The van der Waals surface area contributed by atoms with E-state index < -0.39 is 0 Å². The van der Waals surface area contributed by atoms with Crippen LogP contribution < -0.4 is 4.74 Å². The van der Waals surface area contributed by atoms with E-state index >= 15 is 0 Å². The summed E-state index contributed by atoms with van der Waals surface area (Å²) in [6.07, 6.45) is 0. The smallest absolute Gasteiger partial charge is 0.124 e. The molecule has 1 aromatic rings. The van der Waals surface area contributed by atoms with Crippen LogP contribution in [0.2, 0.25) is 0 Å². The number of benzene rings is 1. The fourth-order valence-corrected chi connectivity index (χ4v) is 1.91. The van der Waals surface area contributed by atoms with Crippen LogP contribution in [0.25, 0.3) is 0 Å². The number of hydrogen-bond acceptors (Lipinski definition) is 1. The van der Waals surface area contributed by atoms with Crippen LogP contribution in [-0.2, 0) is 0 Å². The quantitative estimate of drug-likeness (QED) is 0.742. The van der Waals surface area contributed by atoms with Crippen LogP contribution in [0.1, 0.15) is 11.1 Å². The summed E-state index contributed by atoms with van der Waals surface area (Å²) >= 11 is 3.42. The molecule has 0 bridgehead atoms. The Bertz CT molecular complexity index is 250. The molecule has 0 aliphatic heterocycles. The molecule has 68 valence electrons. The van der Waals surface area contributed by atoms with Gasteiger partial charge in [-0.3, -0.25) is 0 Å². The molecule has 1 nitrogen and oxygen atoms in total. The van der Waals surface area contributed by atoms with Crippen molar-refractivity contribution in [3.8, 4) is 5.75 Å². The molecule has 0 unspecified atom stereocenters. The van der Waals surface area contributed by atoms with E-state index in [0.29, 0.717) is 0 Å². The Morgan fingerprint density at radius 3 is 1.92 bits per heavy atom. The van der Waals surface area contributed by atoms with Crippen molar-refractivity contribution in [2.24, 2.45) is 0 Å². The Morgan fingerprint density at radius 1 is 1.17 bits per heavy atom. The molecule has 0 saturated heterocycles. The van der Waals surface area contributed by atoms with Gasteiger partial charge < -0.3 is 4.74 Å². The number of rotatable bonds is 1. The number of aryl methyl sites for hydroxylation is 2. The van der Waals surface area contributed by atoms with Crippen molar-refractivity contribution in [3.63, 3.8) is 0 Å². The molecule has 0 radical (unpaired) electrons. The second-order valence-corrected chi connectivity index (χ2v) is 3.49. The van der Waals surface area contributed by atoms with Gasteiger partial charge >= 0.3 is 0 Å². The van der Waals surface area contributed by atoms with E-state index in [9.17, 15) is 0 Å². The Kier molecular flexibility index (Phi) is 4.64. The molecule has 0 aliphatic carbocycles. The molecule has 1 rings (SSSR count). The standard InChI is InChI=1S/C9H11BrO.ClH/c1-6-4-8(10)5-7(2)9(6)11-3;/h4-5H,1-3H3;1H. The summed E-state index contributed by atoms with van der Waals surface area (Å²) in [6, 6.07) is 4.09. The van der Waals surface area contributed by atoms with Gasteiger partial charge in [-0.1, -0.05) is 15.9 Å². The molecule has 0 amide bonds. The van der Waals surface area contributed by atoms with Gasteiger partial charge in [-0.05, 0) is 37.1 Å². The van der Waals surface area contributed by atoms with Gasteiger partial charge in [-0.2, -0.15) is 0 Å². The monoisotopic (exact) mass is 250 g/mol. The second-order valence-electron chi connectivity index (χ2n) is 2.57. The van der Waals surface area contributed by atoms with Crippen LogP contribution in [0.5, 0.6) is 5.75 Å². The van der Waals surface area contributed by atoms with Gasteiger partial charge in [0.25, 0.3) is 0 Å². The molecular formula is C9H12BrClO. The van der Waals surface area contributed by atoms with Crippen molar-refractivity contribution >= 4 is 28.3 Å². The van der Waals surface area contributed by atoms with E-state index in [0.717, 1.165) is 10.2 Å². The van der Waals surface area contributed by atoms with E-state index in [1.165, 1.54) is 11.1 Å². The zero-order valence-corrected chi connectivity index (χ0v) is 9.75. The summed E-state index contributed by atoms with van der Waals surface area (Å²) in [5.41, 5.74) is 2.33. The molecule has 0 fully saturated rings. The predicted molar refractivity (Wildman–Crippen MR) is 57.4 cm³/mol. The largest absolute Gasteiger partial charge is 0.496 e. The molecule has 3 heteroatoms. The van der Waals surface area contributed by atoms with Crippen LogP contribution in [-0.4, -0.2) is 7.11 Å². The Labute approximate surface area is 87.7 Å². The zero-order chi connectivity index (χ0) is 8.43. The summed E-state index contributed by atoms with van der Waals surface area (Å²) in [5.74, 6) is 0.980. The lowest BCUT2D eigenvalue weighted by Gasteiger charge is -2.07. The second kappa shape index (κ2) is 4.73. The average Bonchev–Trinajstić information content (AvgIpc) is 1.85. The Hall–Kier alpha value is -0.210. The van der Waals surface area contributed by atoms with Crippen LogP contribution in [0, 0.1) is 13.8 Å². The lowest BCUT2D eigenvalue weighted by molar-refractivity contribution is 0.408. The lowest BCUT2D eigenvalue weighted by atomic mass is 10.1. The lowest BCUT2D eigenvalue weighted by Crippen LogP contribution is -1.90.